The van der Waals surface area contributed by atoms with Gasteiger partial charge in [-0.15, -0.1) is 11.3 Å². The molecule has 1 aliphatic rings. The highest BCUT2D eigenvalue weighted by molar-refractivity contribution is 7.15. The van der Waals surface area contributed by atoms with E-state index >= 15 is 0 Å². The van der Waals surface area contributed by atoms with Crippen molar-refractivity contribution in [2.24, 2.45) is 0 Å². The van der Waals surface area contributed by atoms with Crippen molar-refractivity contribution in [3.05, 3.63) is 39.9 Å². The molecule has 2 nitrogen and oxygen atoms in total. The Balaban J connectivity index is 2.02. The highest BCUT2D eigenvalue weighted by Crippen LogP contribution is 2.37. The van der Waals surface area contributed by atoms with Crippen LogP contribution in [0.2, 0.25) is 5.02 Å². The van der Waals surface area contributed by atoms with Gasteiger partial charge in [-0.2, -0.15) is 0 Å². The molecule has 3 rings (SSSR count). The Hall–Kier alpha value is -0.900. The van der Waals surface area contributed by atoms with Gasteiger partial charge < -0.3 is 5.11 Å². The molecule has 1 N–H and O–H groups in total. The summed E-state index contributed by atoms with van der Waals surface area (Å²) in [6.07, 6.45) is 2.54. The number of nitrogens with zero attached hydrogens (tertiary/aromatic N) is 1. The molecule has 0 aliphatic heterocycles. The van der Waals surface area contributed by atoms with Gasteiger partial charge >= 0.3 is 0 Å². The van der Waals surface area contributed by atoms with Gasteiger partial charge in [-0.1, -0.05) is 23.7 Å². The first-order chi connectivity index (χ1) is 8.24. The van der Waals surface area contributed by atoms with Crippen molar-refractivity contribution in [2.45, 2.75) is 25.4 Å². The van der Waals surface area contributed by atoms with Crippen LogP contribution in [0, 0.1) is 0 Å². The standard InChI is InChI=1S/C13H12ClNOS/c14-9-6-4-8(5-7-9)13-15-10-2-1-3-11(16)12(10)17-13/h4-7,11,16H,1-3H2. The first-order valence-electron chi connectivity index (χ1n) is 5.67. The van der Waals surface area contributed by atoms with E-state index in [1.807, 2.05) is 24.3 Å². The molecule has 0 saturated heterocycles. The van der Waals surface area contributed by atoms with Crippen molar-refractivity contribution in [3.63, 3.8) is 0 Å². The van der Waals surface area contributed by atoms with Crippen LogP contribution in [0.25, 0.3) is 10.6 Å². The van der Waals surface area contributed by atoms with Crippen LogP contribution in [-0.4, -0.2) is 10.1 Å². The average molecular weight is 266 g/mol. The van der Waals surface area contributed by atoms with E-state index in [2.05, 4.69) is 4.98 Å². The van der Waals surface area contributed by atoms with Gasteiger partial charge in [0, 0.05) is 10.6 Å². The predicted octanol–water partition coefficient (Wildman–Crippen LogP) is 3.83. The minimum atomic E-state index is -0.322. The van der Waals surface area contributed by atoms with E-state index in [1.165, 1.54) is 0 Å². The molecule has 1 atom stereocenters. The molecular formula is C13H12ClNOS. The van der Waals surface area contributed by atoms with Crippen molar-refractivity contribution in [1.29, 1.82) is 0 Å². The van der Waals surface area contributed by atoms with Crippen LogP contribution in [0.5, 0.6) is 0 Å². The summed E-state index contributed by atoms with van der Waals surface area (Å²) in [7, 11) is 0. The van der Waals surface area contributed by atoms with Crippen LogP contribution in [-0.2, 0) is 6.42 Å². The monoisotopic (exact) mass is 265 g/mol. The first kappa shape index (κ1) is 11.2. The molecule has 1 aromatic heterocycles. The van der Waals surface area contributed by atoms with Crippen molar-refractivity contribution in [1.82, 2.24) is 4.98 Å². The average Bonchev–Trinajstić information content (AvgIpc) is 2.75. The fourth-order valence-electron chi connectivity index (χ4n) is 2.11. The van der Waals surface area contributed by atoms with Crippen LogP contribution in [0.1, 0.15) is 29.5 Å². The number of rotatable bonds is 1. The number of fused-ring (bicyclic) bond motifs is 1. The SMILES string of the molecule is OC1CCCc2nc(-c3ccc(Cl)cc3)sc21. The Bertz CT molecular complexity index is 535. The van der Waals surface area contributed by atoms with Gasteiger partial charge in [-0.3, -0.25) is 0 Å². The van der Waals surface area contributed by atoms with E-state index in [0.717, 1.165) is 45.4 Å². The summed E-state index contributed by atoms with van der Waals surface area (Å²) in [5.41, 5.74) is 2.14. The zero-order chi connectivity index (χ0) is 11.8. The number of halogens is 1. The summed E-state index contributed by atoms with van der Waals surface area (Å²) >= 11 is 7.46. The van der Waals surface area contributed by atoms with Gasteiger partial charge in [0.15, 0.2) is 0 Å². The maximum absolute atomic E-state index is 9.92. The van der Waals surface area contributed by atoms with Crippen LogP contribution in [0.3, 0.4) is 0 Å². The van der Waals surface area contributed by atoms with E-state index < -0.39 is 0 Å². The maximum atomic E-state index is 9.92. The molecule has 1 aliphatic carbocycles. The molecule has 1 heterocycles. The third kappa shape index (κ3) is 2.10. The van der Waals surface area contributed by atoms with Gasteiger partial charge in [0.05, 0.1) is 16.7 Å². The van der Waals surface area contributed by atoms with Crippen LogP contribution in [0.15, 0.2) is 24.3 Å². The lowest BCUT2D eigenvalue weighted by molar-refractivity contribution is 0.160. The Kier molecular flexibility index (Phi) is 2.90. The topological polar surface area (TPSA) is 33.1 Å². The Morgan fingerprint density at radius 3 is 2.76 bits per heavy atom. The summed E-state index contributed by atoms with van der Waals surface area (Å²) in [4.78, 5) is 5.66. The molecule has 0 amide bonds. The summed E-state index contributed by atoms with van der Waals surface area (Å²) in [6, 6.07) is 7.68. The molecule has 88 valence electrons. The van der Waals surface area contributed by atoms with Crippen molar-refractivity contribution in [3.8, 4) is 10.6 Å². The van der Waals surface area contributed by atoms with Gasteiger partial charge in [0.1, 0.15) is 5.01 Å². The Morgan fingerprint density at radius 2 is 2.06 bits per heavy atom. The van der Waals surface area contributed by atoms with E-state index in [-0.39, 0.29) is 6.10 Å². The Labute approximate surface area is 109 Å². The molecule has 0 bridgehead atoms. The molecule has 17 heavy (non-hydrogen) atoms. The normalized spacial score (nSPS) is 19.1. The molecule has 1 unspecified atom stereocenters. The fraction of sp³-hybridized carbons (Fsp3) is 0.308. The third-order valence-electron chi connectivity index (χ3n) is 3.01. The van der Waals surface area contributed by atoms with E-state index in [9.17, 15) is 5.11 Å². The summed E-state index contributed by atoms with van der Waals surface area (Å²) in [6.45, 7) is 0. The van der Waals surface area contributed by atoms with Crippen LogP contribution >= 0.6 is 22.9 Å². The smallest absolute Gasteiger partial charge is 0.123 e. The Morgan fingerprint density at radius 1 is 1.29 bits per heavy atom. The summed E-state index contributed by atoms with van der Waals surface area (Å²) in [5, 5.41) is 11.6. The molecule has 0 spiro atoms. The lowest BCUT2D eigenvalue weighted by Gasteiger charge is -2.14. The highest BCUT2D eigenvalue weighted by Gasteiger charge is 2.22. The number of aromatic nitrogens is 1. The number of hydrogen-bond donors (Lipinski definition) is 1. The second kappa shape index (κ2) is 4.41. The lowest BCUT2D eigenvalue weighted by atomic mass is 10.0. The van der Waals surface area contributed by atoms with E-state index in [0.29, 0.717) is 0 Å². The van der Waals surface area contributed by atoms with Gasteiger partial charge in [-0.05, 0) is 31.4 Å². The maximum Gasteiger partial charge on any atom is 0.123 e. The van der Waals surface area contributed by atoms with Gasteiger partial charge in [0.2, 0.25) is 0 Å². The number of hydrogen-bond acceptors (Lipinski definition) is 3. The predicted molar refractivity (Wildman–Crippen MR) is 70.5 cm³/mol. The van der Waals surface area contributed by atoms with Crippen molar-refractivity contribution < 1.29 is 5.11 Å². The van der Waals surface area contributed by atoms with Crippen molar-refractivity contribution in [2.75, 3.05) is 0 Å². The summed E-state index contributed by atoms with van der Waals surface area (Å²) < 4.78 is 0. The molecular weight excluding hydrogens is 254 g/mol. The van der Waals surface area contributed by atoms with E-state index in [1.54, 1.807) is 11.3 Å². The second-order valence-electron chi connectivity index (χ2n) is 4.24. The van der Waals surface area contributed by atoms with Gasteiger partial charge in [0.25, 0.3) is 0 Å². The van der Waals surface area contributed by atoms with Crippen LogP contribution < -0.4 is 0 Å². The van der Waals surface area contributed by atoms with Crippen LogP contribution in [0.4, 0.5) is 0 Å². The minimum Gasteiger partial charge on any atom is -0.388 e. The molecule has 0 radical (unpaired) electrons. The third-order valence-corrected chi connectivity index (χ3v) is 4.51. The molecule has 4 heteroatoms. The molecule has 1 aromatic carbocycles. The van der Waals surface area contributed by atoms with Crippen molar-refractivity contribution >= 4 is 22.9 Å². The fourth-order valence-corrected chi connectivity index (χ4v) is 3.38. The first-order valence-corrected chi connectivity index (χ1v) is 6.87. The van der Waals surface area contributed by atoms with Gasteiger partial charge in [-0.25, -0.2) is 4.98 Å². The number of aliphatic hydroxyl groups is 1. The lowest BCUT2D eigenvalue weighted by Crippen LogP contribution is -2.06. The zero-order valence-corrected chi connectivity index (χ0v) is 10.8. The number of thiazole rings is 1. The number of aliphatic hydroxyl groups excluding tert-OH is 1. The van der Waals surface area contributed by atoms with E-state index in [4.69, 9.17) is 11.6 Å². The second-order valence-corrected chi connectivity index (χ2v) is 5.71. The highest BCUT2D eigenvalue weighted by atomic mass is 35.5. The largest absolute Gasteiger partial charge is 0.388 e. The molecule has 2 aromatic rings. The zero-order valence-electron chi connectivity index (χ0n) is 9.19. The number of aryl methyl sites for hydroxylation is 1. The summed E-state index contributed by atoms with van der Waals surface area (Å²) in [5.74, 6) is 0. The quantitative estimate of drug-likeness (QED) is 0.850. The minimum absolute atomic E-state index is 0.322. The molecule has 0 saturated carbocycles. The number of benzene rings is 1. The molecule has 0 fully saturated rings.